The first-order valence-corrected chi connectivity index (χ1v) is 5.99. The third-order valence-corrected chi connectivity index (χ3v) is 3.16. The second-order valence-electron chi connectivity index (χ2n) is 4.16. The van der Waals surface area contributed by atoms with E-state index in [1.165, 1.54) is 0 Å². The summed E-state index contributed by atoms with van der Waals surface area (Å²) in [6.07, 6.45) is 0. The first kappa shape index (κ1) is 13.7. The summed E-state index contributed by atoms with van der Waals surface area (Å²) in [6, 6.07) is 7.43. The maximum absolute atomic E-state index is 13.4. The molecule has 0 atom stereocenters. The summed E-state index contributed by atoms with van der Waals surface area (Å²) in [5.74, 6) is -3.91. The lowest BCUT2D eigenvalue weighted by atomic mass is 10.1. The molecular weight excluding hydrogens is 275 g/mol. The lowest BCUT2D eigenvalue weighted by Gasteiger charge is -2.09. The first-order valence-electron chi connectivity index (χ1n) is 5.61. The topological polar surface area (TPSA) is 12.0 Å². The largest absolute Gasteiger partial charge is 0.379 e. The van der Waals surface area contributed by atoms with Gasteiger partial charge in [-0.2, -0.15) is 0 Å². The van der Waals surface area contributed by atoms with Crippen LogP contribution in [0.15, 0.2) is 30.3 Å². The molecule has 0 saturated carbocycles. The van der Waals surface area contributed by atoms with Crippen molar-refractivity contribution in [2.45, 2.75) is 13.5 Å². The molecule has 0 aliphatic rings. The number of rotatable bonds is 3. The van der Waals surface area contributed by atoms with Crippen LogP contribution >= 0.6 is 11.6 Å². The highest BCUT2D eigenvalue weighted by atomic mass is 35.5. The van der Waals surface area contributed by atoms with Gasteiger partial charge in [0.15, 0.2) is 17.5 Å². The van der Waals surface area contributed by atoms with Gasteiger partial charge in [0.25, 0.3) is 0 Å². The number of nitrogens with one attached hydrogen (secondary N) is 1. The molecule has 0 spiro atoms. The Morgan fingerprint density at radius 1 is 1.05 bits per heavy atom. The first-order chi connectivity index (χ1) is 8.99. The predicted molar refractivity (Wildman–Crippen MR) is 69.8 cm³/mol. The molecule has 0 radical (unpaired) electrons. The third kappa shape index (κ3) is 3.01. The average Bonchev–Trinajstić information content (AvgIpc) is 2.39. The van der Waals surface area contributed by atoms with Crippen LogP contribution < -0.4 is 5.32 Å². The van der Waals surface area contributed by atoms with E-state index in [0.29, 0.717) is 5.02 Å². The van der Waals surface area contributed by atoms with Crippen LogP contribution in [-0.4, -0.2) is 0 Å². The molecule has 2 rings (SSSR count). The van der Waals surface area contributed by atoms with Gasteiger partial charge in [-0.1, -0.05) is 23.7 Å². The van der Waals surface area contributed by atoms with E-state index < -0.39 is 17.5 Å². The molecule has 0 aromatic heterocycles. The van der Waals surface area contributed by atoms with Crippen LogP contribution in [0.25, 0.3) is 0 Å². The van der Waals surface area contributed by atoms with Crippen molar-refractivity contribution in [1.82, 2.24) is 0 Å². The minimum absolute atomic E-state index is 0.0874. The van der Waals surface area contributed by atoms with E-state index in [4.69, 9.17) is 11.6 Å². The molecule has 0 heterocycles. The van der Waals surface area contributed by atoms with Gasteiger partial charge in [0.05, 0.1) is 5.69 Å². The van der Waals surface area contributed by atoms with Gasteiger partial charge in [-0.05, 0) is 36.2 Å². The highest BCUT2D eigenvalue weighted by Crippen LogP contribution is 2.21. The Labute approximate surface area is 114 Å². The van der Waals surface area contributed by atoms with Crippen LogP contribution in [0.5, 0.6) is 0 Å². The zero-order chi connectivity index (χ0) is 14.0. The molecule has 0 aliphatic heterocycles. The summed E-state index contributed by atoms with van der Waals surface area (Å²) in [6.45, 7) is 2.14. The summed E-state index contributed by atoms with van der Waals surface area (Å²) in [7, 11) is 0. The number of hydrogen-bond acceptors (Lipinski definition) is 1. The van der Waals surface area contributed by atoms with Gasteiger partial charge >= 0.3 is 0 Å². The summed E-state index contributed by atoms with van der Waals surface area (Å²) in [5.41, 5.74) is 1.67. The molecule has 0 unspecified atom stereocenters. The van der Waals surface area contributed by atoms with Crippen molar-refractivity contribution in [1.29, 1.82) is 0 Å². The average molecular weight is 286 g/mol. The molecule has 100 valence electrons. The Morgan fingerprint density at radius 3 is 2.47 bits per heavy atom. The van der Waals surface area contributed by atoms with Crippen molar-refractivity contribution in [3.05, 3.63) is 63.9 Å². The molecule has 0 aliphatic carbocycles. The van der Waals surface area contributed by atoms with Crippen molar-refractivity contribution in [2.24, 2.45) is 0 Å². The molecule has 1 N–H and O–H groups in total. The van der Waals surface area contributed by atoms with Crippen LogP contribution in [0.1, 0.15) is 11.1 Å². The number of benzene rings is 2. The second kappa shape index (κ2) is 5.53. The molecule has 0 bridgehead atoms. The van der Waals surface area contributed by atoms with Gasteiger partial charge in [0.2, 0.25) is 0 Å². The molecule has 0 amide bonds. The van der Waals surface area contributed by atoms with Crippen LogP contribution in [0.3, 0.4) is 0 Å². The number of aryl methyl sites for hydroxylation is 1. The number of halogens is 4. The summed E-state index contributed by atoms with van der Waals surface area (Å²) < 4.78 is 39.2. The Hall–Kier alpha value is -1.68. The highest BCUT2D eigenvalue weighted by Gasteiger charge is 2.12. The van der Waals surface area contributed by atoms with Crippen molar-refractivity contribution >= 4 is 17.3 Å². The fraction of sp³-hybridized carbons (Fsp3) is 0.143. The monoisotopic (exact) mass is 285 g/mol. The van der Waals surface area contributed by atoms with Gasteiger partial charge in [0, 0.05) is 11.6 Å². The van der Waals surface area contributed by atoms with E-state index in [0.717, 1.165) is 23.3 Å². The number of anilines is 1. The third-order valence-electron chi connectivity index (χ3n) is 2.75. The van der Waals surface area contributed by atoms with Gasteiger partial charge in [-0.25, -0.2) is 13.2 Å². The Bertz CT molecular complexity index is 614. The smallest absolute Gasteiger partial charge is 0.196 e. The molecule has 0 saturated heterocycles. The summed E-state index contributed by atoms with van der Waals surface area (Å²) >= 11 is 5.96. The van der Waals surface area contributed by atoms with Crippen molar-refractivity contribution in [3.8, 4) is 0 Å². The van der Waals surface area contributed by atoms with E-state index in [2.05, 4.69) is 5.32 Å². The van der Waals surface area contributed by atoms with E-state index in [9.17, 15) is 13.2 Å². The molecule has 1 nitrogen and oxygen atoms in total. The van der Waals surface area contributed by atoms with Crippen molar-refractivity contribution in [2.75, 3.05) is 5.32 Å². The zero-order valence-corrected chi connectivity index (χ0v) is 10.9. The second-order valence-corrected chi connectivity index (χ2v) is 4.57. The Balaban J connectivity index is 2.14. The molecule has 19 heavy (non-hydrogen) atoms. The molecule has 5 heteroatoms. The van der Waals surface area contributed by atoms with Gasteiger partial charge < -0.3 is 5.32 Å². The molecule has 2 aromatic rings. The van der Waals surface area contributed by atoms with Crippen molar-refractivity contribution < 1.29 is 13.2 Å². The lowest BCUT2D eigenvalue weighted by Crippen LogP contribution is -2.04. The standard InChI is InChI=1S/C14H11ClF3N/c1-8-2-3-9(6-10(8)15)7-19-12-5-4-11(16)13(17)14(12)18/h2-6,19H,7H2,1H3. The predicted octanol–water partition coefficient (Wildman–Crippen LogP) is 4.68. The van der Waals surface area contributed by atoms with Crippen LogP contribution in [0.2, 0.25) is 5.02 Å². The minimum Gasteiger partial charge on any atom is -0.379 e. The summed E-state index contributed by atoms with van der Waals surface area (Å²) in [5, 5.41) is 3.31. The maximum Gasteiger partial charge on any atom is 0.196 e. The van der Waals surface area contributed by atoms with Gasteiger partial charge in [-0.3, -0.25) is 0 Å². The normalized spacial score (nSPS) is 10.6. The Morgan fingerprint density at radius 2 is 1.79 bits per heavy atom. The van der Waals surface area contributed by atoms with Crippen LogP contribution in [0.4, 0.5) is 18.9 Å². The van der Waals surface area contributed by atoms with Crippen LogP contribution in [-0.2, 0) is 6.54 Å². The highest BCUT2D eigenvalue weighted by molar-refractivity contribution is 6.31. The lowest BCUT2D eigenvalue weighted by molar-refractivity contribution is 0.449. The minimum atomic E-state index is -1.48. The maximum atomic E-state index is 13.4. The molecule has 2 aromatic carbocycles. The zero-order valence-electron chi connectivity index (χ0n) is 10.1. The summed E-state index contributed by atoms with van der Waals surface area (Å²) in [4.78, 5) is 0. The molecular formula is C14H11ClF3N. The number of hydrogen-bond donors (Lipinski definition) is 1. The van der Waals surface area contributed by atoms with Crippen molar-refractivity contribution in [3.63, 3.8) is 0 Å². The Kier molecular flexibility index (Phi) is 4.00. The van der Waals surface area contributed by atoms with Gasteiger partial charge in [0.1, 0.15) is 0 Å². The molecule has 0 fully saturated rings. The van der Waals surface area contributed by atoms with E-state index >= 15 is 0 Å². The van der Waals surface area contributed by atoms with Gasteiger partial charge in [-0.15, -0.1) is 0 Å². The van der Waals surface area contributed by atoms with E-state index in [-0.39, 0.29) is 12.2 Å². The SMILES string of the molecule is Cc1ccc(CNc2ccc(F)c(F)c2F)cc1Cl. The van der Waals surface area contributed by atoms with E-state index in [1.807, 2.05) is 19.1 Å². The fourth-order valence-corrected chi connectivity index (χ4v) is 1.81. The van der Waals surface area contributed by atoms with E-state index in [1.54, 1.807) is 6.07 Å². The van der Waals surface area contributed by atoms with Crippen LogP contribution in [0, 0.1) is 24.4 Å². The quantitative estimate of drug-likeness (QED) is 0.808. The fourth-order valence-electron chi connectivity index (χ4n) is 1.61.